The van der Waals surface area contributed by atoms with Gasteiger partial charge in [0.25, 0.3) is 10.1 Å². The van der Waals surface area contributed by atoms with Crippen LogP contribution in [0.2, 0.25) is 0 Å². The van der Waals surface area contributed by atoms with Gasteiger partial charge in [0.05, 0.1) is 12.7 Å². The van der Waals surface area contributed by atoms with Crippen LogP contribution in [0.4, 0.5) is 0 Å². The van der Waals surface area contributed by atoms with Gasteiger partial charge in [0, 0.05) is 0 Å². The van der Waals surface area contributed by atoms with Crippen molar-refractivity contribution >= 4 is 10.1 Å². The first-order valence-electron chi connectivity index (χ1n) is 6.67. The Bertz CT molecular complexity index is 638. The number of hydrogen-bond acceptors (Lipinski definition) is 3. The van der Waals surface area contributed by atoms with Crippen molar-refractivity contribution in [3.63, 3.8) is 0 Å². The highest BCUT2D eigenvalue weighted by Gasteiger charge is 2.18. The summed E-state index contributed by atoms with van der Waals surface area (Å²) in [5.41, 5.74) is 1.94. The summed E-state index contributed by atoms with van der Waals surface area (Å²) < 4.78 is 37.0. The fourth-order valence-corrected chi connectivity index (χ4v) is 2.75. The van der Waals surface area contributed by atoms with Gasteiger partial charge in [0.1, 0.15) is 5.75 Å². The van der Waals surface area contributed by atoms with E-state index in [9.17, 15) is 8.42 Å². The van der Waals surface area contributed by atoms with Gasteiger partial charge >= 0.3 is 0 Å². The first-order chi connectivity index (χ1) is 10.0. The lowest BCUT2D eigenvalue weighted by Gasteiger charge is -2.17. The molecular formula is C16H18O4S. The molecule has 2 aromatic rings. The number of benzene rings is 2. The molecule has 0 aromatic heterocycles. The summed E-state index contributed by atoms with van der Waals surface area (Å²) in [6.07, 6.45) is -0.143. The summed E-state index contributed by atoms with van der Waals surface area (Å²) in [5.74, 6) is -0.408. The summed E-state index contributed by atoms with van der Waals surface area (Å²) in [4.78, 5) is 0. The van der Waals surface area contributed by atoms with E-state index in [1.54, 1.807) is 0 Å². The van der Waals surface area contributed by atoms with Crippen LogP contribution in [0.5, 0.6) is 0 Å². The Morgan fingerprint density at radius 1 is 0.905 bits per heavy atom. The van der Waals surface area contributed by atoms with Gasteiger partial charge in [0.2, 0.25) is 0 Å². The highest BCUT2D eigenvalue weighted by molar-refractivity contribution is 7.85. The van der Waals surface area contributed by atoms with E-state index in [2.05, 4.69) is 0 Å². The molecule has 0 fully saturated rings. The zero-order valence-corrected chi connectivity index (χ0v) is 12.4. The SMILES string of the molecule is O=S(=O)(O)CC(Cc1ccccc1)OCc1ccccc1. The summed E-state index contributed by atoms with van der Waals surface area (Å²) in [7, 11) is -4.07. The molecule has 1 unspecified atom stereocenters. The number of rotatable bonds is 7. The van der Waals surface area contributed by atoms with Crippen LogP contribution in [0.25, 0.3) is 0 Å². The van der Waals surface area contributed by atoms with Gasteiger partial charge in [-0.15, -0.1) is 0 Å². The minimum absolute atomic E-state index is 0.313. The van der Waals surface area contributed by atoms with E-state index in [1.807, 2.05) is 60.7 Å². The molecule has 4 nitrogen and oxygen atoms in total. The molecule has 0 spiro atoms. The summed E-state index contributed by atoms with van der Waals surface area (Å²) in [5, 5.41) is 0. The molecular weight excluding hydrogens is 288 g/mol. The highest BCUT2D eigenvalue weighted by atomic mass is 32.2. The molecule has 0 amide bonds. The van der Waals surface area contributed by atoms with E-state index >= 15 is 0 Å². The Morgan fingerprint density at radius 2 is 1.43 bits per heavy atom. The molecule has 2 rings (SSSR count). The van der Waals surface area contributed by atoms with E-state index in [0.29, 0.717) is 13.0 Å². The quantitative estimate of drug-likeness (QED) is 0.799. The molecule has 5 heteroatoms. The third kappa shape index (κ3) is 6.08. The smallest absolute Gasteiger partial charge is 0.267 e. The zero-order chi connectivity index (χ0) is 15.1. The minimum Gasteiger partial charge on any atom is -0.372 e. The maximum absolute atomic E-state index is 11.1. The third-order valence-corrected chi connectivity index (χ3v) is 3.82. The van der Waals surface area contributed by atoms with Crippen molar-refractivity contribution in [3.05, 3.63) is 71.8 Å². The highest BCUT2D eigenvalue weighted by Crippen LogP contribution is 2.11. The second kappa shape index (κ2) is 7.36. The van der Waals surface area contributed by atoms with Crippen molar-refractivity contribution in [2.75, 3.05) is 5.75 Å². The Balaban J connectivity index is 2.02. The molecule has 1 atom stereocenters. The molecule has 0 aliphatic rings. The van der Waals surface area contributed by atoms with E-state index in [0.717, 1.165) is 11.1 Å². The van der Waals surface area contributed by atoms with Gasteiger partial charge < -0.3 is 4.74 Å². The number of ether oxygens (including phenoxy) is 1. The van der Waals surface area contributed by atoms with Crippen LogP contribution in [0.15, 0.2) is 60.7 Å². The van der Waals surface area contributed by atoms with Crippen LogP contribution < -0.4 is 0 Å². The Hall–Kier alpha value is -1.69. The van der Waals surface area contributed by atoms with Crippen LogP contribution in [0, 0.1) is 0 Å². The molecule has 1 N–H and O–H groups in total. The maximum Gasteiger partial charge on any atom is 0.267 e. The first-order valence-corrected chi connectivity index (χ1v) is 8.28. The van der Waals surface area contributed by atoms with Crippen LogP contribution >= 0.6 is 0 Å². The molecule has 2 aromatic carbocycles. The van der Waals surface area contributed by atoms with Crippen LogP contribution in [0.3, 0.4) is 0 Å². The molecule has 0 heterocycles. The minimum atomic E-state index is -4.07. The average Bonchev–Trinajstić information content (AvgIpc) is 2.45. The summed E-state index contributed by atoms with van der Waals surface area (Å²) in [6.45, 7) is 0.313. The van der Waals surface area contributed by atoms with Gasteiger partial charge in [-0.3, -0.25) is 4.55 Å². The molecule has 0 bridgehead atoms. The van der Waals surface area contributed by atoms with E-state index in [1.165, 1.54) is 0 Å². The van der Waals surface area contributed by atoms with E-state index < -0.39 is 22.0 Å². The van der Waals surface area contributed by atoms with Crippen molar-refractivity contribution in [2.24, 2.45) is 0 Å². The predicted molar refractivity (Wildman–Crippen MR) is 81.6 cm³/mol. The molecule has 21 heavy (non-hydrogen) atoms. The Morgan fingerprint density at radius 3 is 1.95 bits per heavy atom. The standard InChI is InChI=1S/C16H18O4S/c17-21(18,19)13-16(11-14-7-3-1-4-8-14)20-12-15-9-5-2-6-10-15/h1-10,16H,11-13H2,(H,17,18,19). The maximum atomic E-state index is 11.1. The molecule has 0 radical (unpaired) electrons. The number of hydrogen-bond donors (Lipinski definition) is 1. The lowest BCUT2D eigenvalue weighted by Crippen LogP contribution is -2.26. The van der Waals surface area contributed by atoms with Crippen molar-refractivity contribution in [1.29, 1.82) is 0 Å². The summed E-state index contributed by atoms with van der Waals surface area (Å²) in [6, 6.07) is 19.0. The lowest BCUT2D eigenvalue weighted by molar-refractivity contribution is 0.0546. The largest absolute Gasteiger partial charge is 0.372 e. The van der Waals surface area contributed by atoms with Crippen LogP contribution in [-0.2, 0) is 27.9 Å². The van der Waals surface area contributed by atoms with Gasteiger partial charge in [-0.25, -0.2) is 0 Å². The Kier molecular flexibility index (Phi) is 5.50. The fourth-order valence-electron chi connectivity index (χ4n) is 2.07. The summed E-state index contributed by atoms with van der Waals surface area (Å²) >= 11 is 0. The van der Waals surface area contributed by atoms with Gasteiger partial charge in [0.15, 0.2) is 0 Å². The van der Waals surface area contributed by atoms with Gasteiger partial charge in [-0.2, -0.15) is 8.42 Å². The van der Waals surface area contributed by atoms with Crippen molar-refractivity contribution in [2.45, 2.75) is 19.1 Å². The van der Waals surface area contributed by atoms with Crippen molar-refractivity contribution < 1.29 is 17.7 Å². The molecule has 0 aliphatic carbocycles. The van der Waals surface area contributed by atoms with Crippen molar-refractivity contribution in [1.82, 2.24) is 0 Å². The molecule has 0 aliphatic heterocycles. The third-order valence-electron chi connectivity index (χ3n) is 3.03. The van der Waals surface area contributed by atoms with Crippen molar-refractivity contribution in [3.8, 4) is 0 Å². The second-order valence-corrected chi connectivity index (χ2v) is 6.35. The predicted octanol–water partition coefficient (Wildman–Crippen LogP) is 2.70. The van der Waals surface area contributed by atoms with E-state index in [4.69, 9.17) is 9.29 Å². The van der Waals surface area contributed by atoms with Gasteiger partial charge in [-0.05, 0) is 17.5 Å². The average molecular weight is 306 g/mol. The molecule has 0 saturated carbocycles. The van der Waals surface area contributed by atoms with E-state index in [-0.39, 0.29) is 0 Å². The fraction of sp³-hybridized carbons (Fsp3) is 0.250. The second-order valence-electron chi connectivity index (χ2n) is 4.86. The zero-order valence-electron chi connectivity index (χ0n) is 11.6. The topological polar surface area (TPSA) is 63.6 Å². The Labute approximate surface area is 125 Å². The normalized spacial score (nSPS) is 13.0. The molecule has 0 saturated heterocycles. The van der Waals surface area contributed by atoms with Crippen LogP contribution in [0.1, 0.15) is 11.1 Å². The first kappa shape index (κ1) is 15.7. The van der Waals surface area contributed by atoms with Gasteiger partial charge in [-0.1, -0.05) is 60.7 Å². The molecule has 112 valence electrons. The monoisotopic (exact) mass is 306 g/mol. The van der Waals surface area contributed by atoms with Crippen LogP contribution in [-0.4, -0.2) is 24.8 Å². The lowest BCUT2D eigenvalue weighted by atomic mass is 10.1.